The standard InChI is InChI=1S/C13H7Cl2FO2/c14-13(15)6-5-9-10(12(13)16)11(17)7-3-1-2-4-8(7)18-9/h1-6,12H. The van der Waals surface area contributed by atoms with Crippen LogP contribution < -0.4 is 5.43 Å². The van der Waals surface area contributed by atoms with E-state index in [1.165, 1.54) is 12.2 Å². The van der Waals surface area contributed by atoms with Gasteiger partial charge in [-0.2, -0.15) is 0 Å². The Morgan fingerprint density at radius 1 is 1.28 bits per heavy atom. The van der Waals surface area contributed by atoms with Gasteiger partial charge < -0.3 is 4.42 Å². The van der Waals surface area contributed by atoms with Gasteiger partial charge in [-0.1, -0.05) is 35.3 Å². The number of benzene rings is 1. The first-order valence-electron chi connectivity index (χ1n) is 5.27. The van der Waals surface area contributed by atoms with Crippen LogP contribution in [0.3, 0.4) is 0 Å². The van der Waals surface area contributed by atoms with E-state index in [2.05, 4.69) is 0 Å². The molecule has 1 aliphatic rings. The quantitative estimate of drug-likeness (QED) is 0.685. The molecule has 0 radical (unpaired) electrons. The smallest absolute Gasteiger partial charge is 0.199 e. The molecule has 18 heavy (non-hydrogen) atoms. The number of rotatable bonds is 0. The fourth-order valence-electron chi connectivity index (χ4n) is 2.00. The Kier molecular flexibility index (Phi) is 2.50. The maximum atomic E-state index is 14.2. The molecule has 1 aromatic heterocycles. The van der Waals surface area contributed by atoms with Gasteiger partial charge in [-0.3, -0.25) is 4.79 Å². The highest BCUT2D eigenvalue weighted by molar-refractivity contribution is 6.50. The fourth-order valence-corrected chi connectivity index (χ4v) is 2.35. The van der Waals surface area contributed by atoms with Crippen LogP contribution in [-0.4, -0.2) is 4.33 Å². The van der Waals surface area contributed by atoms with Crippen molar-refractivity contribution in [3.63, 3.8) is 0 Å². The lowest BCUT2D eigenvalue weighted by Crippen LogP contribution is -2.27. The number of hydrogen-bond donors (Lipinski definition) is 0. The highest BCUT2D eigenvalue weighted by atomic mass is 35.5. The van der Waals surface area contributed by atoms with Crippen LogP contribution in [0.25, 0.3) is 17.0 Å². The minimum Gasteiger partial charge on any atom is -0.456 e. The summed E-state index contributed by atoms with van der Waals surface area (Å²) in [5.41, 5.74) is -0.148. The largest absolute Gasteiger partial charge is 0.456 e. The van der Waals surface area contributed by atoms with Crippen molar-refractivity contribution in [3.05, 3.63) is 51.9 Å². The molecule has 3 rings (SSSR count). The van der Waals surface area contributed by atoms with Crippen molar-refractivity contribution in [1.29, 1.82) is 0 Å². The lowest BCUT2D eigenvalue weighted by Gasteiger charge is -2.24. The molecular weight excluding hydrogens is 278 g/mol. The molecular formula is C13H7Cl2FO2. The third-order valence-corrected chi connectivity index (χ3v) is 3.55. The number of allylic oxidation sites excluding steroid dienone is 1. The Hall–Kier alpha value is -1.32. The van der Waals surface area contributed by atoms with Crippen molar-refractivity contribution >= 4 is 40.2 Å². The number of fused-ring (bicyclic) bond motifs is 2. The van der Waals surface area contributed by atoms with Gasteiger partial charge >= 0.3 is 0 Å². The SMILES string of the molecule is O=c1c2c(oc3ccccc13)C=CC(Cl)(Cl)C2F. The normalized spacial score (nSPS) is 20.9. The average Bonchev–Trinajstić information content (AvgIpc) is 2.35. The summed E-state index contributed by atoms with van der Waals surface area (Å²) in [5, 5.41) is 0.318. The zero-order valence-corrected chi connectivity index (χ0v) is 10.5. The zero-order valence-electron chi connectivity index (χ0n) is 8.99. The molecule has 0 aliphatic heterocycles. The minimum atomic E-state index is -1.80. The molecule has 0 saturated carbocycles. The summed E-state index contributed by atoms with van der Waals surface area (Å²) in [6.07, 6.45) is 0.904. The van der Waals surface area contributed by atoms with E-state index in [0.29, 0.717) is 11.0 Å². The molecule has 1 atom stereocenters. The first-order valence-corrected chi connectivity index (χ1v) is 6.03. The van der Waals surface area contributed by atoms with Crippen LogP contribution in [0.5, 0.6) is 0 Å². The van der Waals surface area contributed by atoms with Gasteiger partial charge in [0.2, 0.25) is 0 Å². The first kappa shape index (κ1) is 11.8. The molecule has 0 bridgehead atoms. The van der Waals surface area contributed by atoms with E-state index in [1.807, 2.05) is 0 Å². The Bertz CT molecular complexity index is 718. The van der Waals surface area contributed by atoms with Gasteiger partial charge in [0.25, 0.3) is 0 Å². The van der Waals surface area contributed by atoms with Crippen molar-refractivity contribution in [2.75, 3.05) is 0 Å². The molecule has 2 nitrogen and oxygen atoms in total. The number of hydrogen-bond acceptors (Lipinski definition) is 2. The maximum Gasteiger partial charge on any atom is 0.199 e. The molecule has 1 unspecified atom stereocenters. The Morgan fingerprint density at radius 2 is 2.00 bits per heavy atom. The van der Waals surface area contributed by atoms with Crippen LogP contribution in [0, 0.1) is 0 Å². The Morgan fingerprint density at radius 3 is 2.78 bits per heavy atom. The van der Waals surface area contributed by atoms with E-state index in [0.717, 1.165) is 0 Å². The van der Waals surface area contributed by atoms with E-state index < -0.39 is 15.9 Å². The summed E-state index contributed by atoms with van der Waals surface area (Å²) in [5.74, 6) is 0.170. The van der Waals surface area contributed by atoms with E-state index in [1.54, 1.807) is 24.3 Å². The Balaban J connectivity index is 2.41. The molecule has 0 N–H and O–H groups in total. The van der Waals surface area contributed by atoms with Crippen molar-refractivity contribution in [2.24, 2.45) is 0 Å². The van der Waals surface area contributed by atoms with Crippen molar-refractivity contribution < 1.29 is 8.81 Å². The van der Waals surface area contributed by atoms with Crippen molar-refractivity contribution in [3.8, 4) is 0 Å². The summed E-state index contributed by atoms with van der Waals surface area (Å²) in [4.78, 5) is 12.2. The topological polar surface area (TPSA) is 30.2 Å². The molecule has 5 heteroatoms. The van der Waals surface area contributed by atoms with Crippen LogP contribution in [-0.2, 0) is 0 Å². The molecule has 0 fully saturated rings. The number of halogens is 3. The third-order valence-electron chi connectivity index (χ3n) is 2.91. The molecule has 2 aromatic rings. The van der Waals surface area contributed by atoms with Crippen molar-refractivity contribution in [2.45, 2.75) is 10.5 Å². The molecule has 0 saturated heterocycles. The third kappa shape index (κ3) is 1.58. The van der Waals surface area contributed by atoms with E-state index in [4.69, 9.17) is 27.6 Å². The predicted octanol–water partition coefficient (Wildman–Crippen LogP) is 4.00. The van der Waals surface area contributed by atoms with Gasteiger partial charge in [0, 0.05) is 0 Å². The van der Waals surface area contributed by atoms with E-state index in [9.17, 15) is 9.18 Å². The van der Waals surface area contributed by atoms with Crippen LogP contribution in [0.1, 0.15) is 17.5 Å². The van der Waals surface area contributed by atoms with E-state index >= 15 is 0 Å². The first-order chi connectivity index (χ1) is 8.50. The summed E-state index contributed by atoms with van der Waals surface area (Å²) in [6, 6.07) is 6.66. The van der Waals surface area contributed by atoms with Crippen LogP contribution in [0.4, 0.5) is 4.39 Å². The maximum absolute atomic E-state index is 14.2. The van der Waals surface area contributed by atoms with E-state index in [-0.39, 0.29) is 11.3 Å². The zero-order chi connectivity index (χ0) is 12.9. The second-order valence-electron chi connectivity index (χ2n) is 4.08. The highest BCUT2D eigenvalue weighted by Gasteiger charge is 2.40. The minimum absolute atomic E-state index is 0.124. The summed E-state index contributed by atoms with van der Waals surface area (Å²) >= 11 is 11.6. The molecule has 1 heterocycles. The lowest BCUT2D eigenvalue weighted by molar-refractivity contribution is 0.322. The molecule has 1 aromatic carbocycles. The van der Waals surface area contributed by atoms with Crippen LogP contribution in [0.15, 0.2) is 39.6 Å². The Labute approximate surface area is 112 Å². The average molecular weight is 285 g/mol. The second kappa shape index (κ2) is 3.84. The van der Waals surface area contributed by atoms with Gasteiger partial charge in [0.1, 0.15) is 11.3 Å². The second-order valence-corrected chi connectivity index (χ2v) is 5.52. The van der Waals surface area contributed by atoms with Gasteiger partial charge in [0.05, 0.1) is 10.9 Å². The van der Waals surface area contributed by atoms with Crippen LogP contribution >= 0.6 is 23.2 Å². The number of alkyl halides is 3. The molecule has 0 amide bonds. The summed E-state index contributed by atoms with van der Waals surface area (Å²) in [7, 11) is 0. The van der Waals surface area contributed by atoms with Crippen molar-refractivity contribution in [1.82, 2.24) is 0 Å². The monoisotopic (exact) mass is 284 g/mol. The molecule has 1 aliphatic carbocycles. The van der Waals surface area contributed by atoms with Gasteiger partial charge in [-0.05, 0) is 24.3 Å². The summed E-state index contributed by atoms with van der Waals surface area (Å²) < 4.78 is 17.9. The van der Waals surface area contributed by atoms with Gasteiger partial charge in [-0.25, -0.2) is 4.39 Å². The highest BCUT2D eigenvalue weighted by Crippen LogP contribution is 2.44. The van der Waals surface area contributed by atoms with Crippen LogP contribution in [0.2, 0.25) is 0 Å². The fraction of sp³-hybridized carbons (Fsp3) is 0.154. The van der Waals surface area contributed by atoms with Gasteiger partial charge in [-0.15, -0.1) is 0 Å². The summed E-state index contributed by atoms with van der Waals surface area (Å²) in [6.45, 7) is 0. The molecule has 0 spiro atoms. The lowest BCUT2D eigenvalue weighted by atomic mass is 9.98. The molecule has 92 valence electrons. The van der Waals surface area contributed by atoms with Gasteiger partial charge in [0.15, 0.2) is 15.9 Å². The number of para-hydroxylation sites is 1. The predicted molar refractivity (Wildman–Crippen MR) is 69.8 cm³/mol.